The molecule has 6 nitrogen and oxygen atoms in total. The minimum absolute atomic E-state index is 0.0854. The van der Waals surface area contributed by atoms with Crippen LogP contribution < -0.4 is 10.1 Å². The molecule has 0 saturated carbocycles. The van der Waals surface area contributed by atoms with Gasteiger partial charge in [0.1, 0.15) is 9.84 Å². The topological polar surface area (TPSA) is 92.7 Å². The third-order valence-corrected chi connectivity index (χ3v) is 5.07. The number of phenols is 1. The normalized spacial score (nSPS) is 18.4. The van der Waals surface area contributed by atoms with Crippen molar-refractivity contribution in [2.45, 2.75) is 18.9 Å². The predicted molar refractivity (Wildman–Crippen MR) is 73.8 cm³/mol. The molecule has 0 unspecified atom stereocenters. The molecule has 1 aromatic carbocycles. The molecule has 1 aliphatic heterocycles. The first kappa shape index (κ1) is 14.6. The van der Waals surface area contributed by atoms with Gasteiger partial charge >= 0.3 is 0 Å². The van der Waals surface area contributed by atoms with Crippen LogP contribution in [-0.2, 0) is 9.84 Å². The molecule has 1 fully saturated rings. The number of para-hydroxylation sites is 1. The van der Waals surface area contributed by atoms with Gasteiger partial charge in [0, 0.05) is 6.04 Å². The number of aromatic hydroxyl groups is 1. The number of nitrogens with one attached hydrogen (secondary N) is 1. The van der Waals surface area contributed by atoms with E-state index >= 15 is 0 Å². The van der Waals surface area contributed by atoms with Gasteiger partial charge in [0.05, 0.1) is 24.2 Å². The SMILES string of the molecule is COc1cccc(C(=O)NC2CCS(=O)(=O)CC2)c1O. The van der Waals surface area contributed by atoms with Crippen molar-refractivity contribution in [2.75, 3.05) is 18.6 Å². The molecule has 0 spiro atoms. The van der Waals surface area contributed by atoms with Gasteiger partial charge in [-0.2, -0.15) is 0 Å². The Labute approximate surface area is 117 Å². The first-order valence-electron chi connectivity index (χ1n) is 6.30. The van der Waals surface area contributed by atoms with E-state index in [0.29, 0.717) is 12.8 Å². The molecule has 0 radical (unpaired) electrons. The predicted octanol–water partition coefficient (Wildman–Crippen LogP) is 0.708. The van der Waals surface area contributed by atoms with Crippen molar-refractivity contribution in [3.8, 4) is 11.5 Å². The molecule has 20 heavy (non-hydrogen) atoms. The number of hydrogen-bond acceptors (Lipinski definition) is 5. The fourth-order valence-corrected chi connectivity index (χ4v) is 3.66. The zero-order valence-electron chi connectivity index (χ0n) is 11.1. The zero-order valence-corrected chi connectivity index (χ0v) is 11.9. The summed E-state index contributed by atoms with van der Waals surface area (Å²) in [6.07, 6.45) is 0.803. The summed E-state index contributed by atoms with van der Waals surface area (Å²) in [6.45, 7) is 0. The molecular formula is C13H17NO5S. The number of carbonyl (C=O) groups is 1. The Morgan fingerprint density at radius 1 is 1.35 bits per heavy atom. The highest BCUT2D eigenvalue weighted by Gasteiger charge is 2.26. The molecule has 1 aliphatic rings. The molecule has 2 rings (SSSR count). The quantitative estimate of drug-likeness (QED) is 0.857. The van der Waals surface area contributed by atoms with E-state index in [-0.39, 0.29) is 34.6 Å². The minimum Gasteiger partial charge on any atom is -0.504 e. The zero-order chi connectivity index (χ0) is 14.8. The van der Waals surface area contributed by atoms with Gasteiger partial charge in [-0.25, -0.2) is 8.42 Å². The summed E-state index contributed by atoms with van der Waals surface area (Å²) in [6, 6.07) is 4.47. The van der Waals surface area contributed by atoms with Crippen molar-refractivity contribution in [3.63, 3.8) is 0 Å². The molecule has 0 bridgehead atoms. The number of carbonyl (C=O) groups excluding carboxylic acids is 1. The molecule has 0 aromatic heterocycles. The fourth-order valence-electron chi connectivity index (χ4n) is 2.17. The maximum absolute atomic E-state index is 12.1. The van der Waals surface area contributed by atoms with Crippen LogP contribution in [-0.4, -0.2) is 44.1 Å². The number of amides is 1. The summed E-state index contributed by atoms with van der Waals surface area (Å²) in [5.74, 6) is -0.241. The highest BCUT2D eigenvalue weighted by atomic mass is 32.2. The van der Waals surface area contributed by atoms with Crippen molar-refractivity contribution in [1.82, 2.24) is 5.32 Å². The van der Waals surface area contributed by atoms with Gasteiger partial charge in [0.15, 0.2) is 11.5 Å². The summed E-state index contributed by atoms with van der Waals surface area (Å²) in [4.78, 5) is 12.1. The van der Waals surface area contributed by atoms with Crippen molar-refractivity contribution in [3.05, 3.63) is 23.8 Å². The summed E-state index contributed by atoms with van der Waals surface area (Å²) in [5, 5.41) is 12.6. The lowest BCUT2D eigenvalue weighted by Crippen LogP contribution is -2.40. The number of rotatable bonds is 3. The highest BCUT2D eigenvalue weighted by Crippen LogP contribution is 2.29. The lowest BCUT2D eigenvalue weighted by atomic mass is 10.1. The molecule has 2 N–H and O–H groups in total. The molecule has 110 valence electrons. The van der Waals surface area contributed by atoms with E-state index in [4.69, 9.17) is 4.74 Å². The second-order valence-corrected chi connectivity index (χ2v) is 7.06. The molecule has 1 amide bonds. The van der Waals surface area contributed by atoms with Gasteiger partial charge in [-0.05, 0) is 25.0 Å². The maximum atomic E-state index is 12.1. The number of benzene rings is 1. The third-order valence-electron chi connectivity index (χ3n) is 3.35. The largest absolute Gasteiger partial charge is 0.504 e. The van der Waals surface area contributed by atoms with Gasteiger partial charge in [-0.3, -0.25) is 4.79 Å². The van der Waals surface area contributed by atoms with Gasteiger partial charge in [0.2, 0.25) is 0 Å². The second-order valence-electron chi connectivity index (χ2n) is 4.76. The average molecular weight is 299 g/mol. The lowest BCUT2D eigenvalue weighted by Gasteiger charge is -2.23. The smallest absolute Gasteiger partial charge is 0.255 e. The standard InChI is InChI=1S/C13H17NO5S/c1-19-11-4-2-3-10(12(11)15)13(16)14-9-5-7-20(17,18)8-6-9/h2-4,9,15H,5-8H2,1H3,(H,14,16). The fraction of sp³-hybridized carbons (Fsp3) is 0.462. The van der Waals surface area contributed by atoms with E-state index in [1.54, 1.807) is 12.1 Å². The van der Waals surface area contributed by atoms with Crippen LogP contribution in [0.4, 0.5) is 0 Å². The molecule has 0 atom stereocenters. The number of sulfone groups is 1. The molecular weight excluding hydrogens is 282 g/mol. The van der Waals surface area contributed by atoms with E-state index in [2.05, 4.69) is 5.32 Å². The lowest BCUT2D eigenvalue weighted by molar-refractivity contribution is 0.0931. The third kappa shape index (κ3) is 3.22. The Hall–Kier alpha value is -1.76. The second kappa shape index (κ2) is 5.70. The molecule has 1 saturated heterocycles. The van der Waals surface area contributed by atoms with E-state index in [1.165, 1.54) is 13.2 Å². The van der Waals surface area contributed by atoms with Gasteiger partial charge < -0.3 is 15.2 Å². The van der Waals surface area contributed by atoms with Gasteiger partial charge in [-0.15, -0.1) is 0 Å². The van der Waals surface area contributed by atoms with Crippen LogP contribution in [0.1, 0.15) is 23.2 Å². The van der Waals surface area contributed by atoms with Crippen molar-refractivity contribution < 1.29 is 23.1 Å². The van der Waals surface area contributed by atoms with Gasteiger partial charge in [-0.1, -0.05) is 6.07 Å². The van der Waals surface area contributed by atoms with Crippen LogP contribution in [0.2, 0.25) is 0 Å². The minimum atomic E-state index is -2.96. The molecule has 7 heteroatoms. The maximum Gasteiger partial charge on any atom is 0.255 e. The molecule has 0 aliphatic carbocycles. The Bertz CT molecular complexity index is 597. The molecule has 1 aromatic rings. The van der Waals surface area contributed by atoms with E-state index < -0.39 is 15.7 Å². The first-order chi connectivity index (χ1) is 9.43. The van der Waals surface area contributed by atoms with Crippen molar-refractivity contribution in [1.29, 1.82) is 0 Å². The van der Waals surface area contributed by atoms with E-state index in [0.717, 1.165) is 0 Å². The first-order valence-corrected chi connectivity index (χ1v) is 8.12. The van der Waals surface area contributed by atoms with Crippen LogP contribution in [0.5, 0.6) is 11.5 Å². The number of hydrogen-bond donors (Lipinski definition) is 2. The van der Waals surface area contributed by atoms with Crippen LogP contribution in [0.15, 0.2) is 18.2 Å². The Morgan fingerprint density at radius 2 is 2.00 bits per heavy atom. The Kier molecular flexibility index (Phi) is 4.17. The number of phenolic OH excluding ortho intramolecular Hbond substituents is 1. The number of ether oxygens (including phenoxy) is 1. The average Bonchev–Trinajstić information content (AvgIpc) is 2.41. The summed E-state index contributed by atoms with van der Waals surface area (Å²) < 4.78 is 27.6. The van der Waals surface area contributed by atoms with Crippen LogP contribution in [0, 0.1) is 0 Å². The molecule has 1 heterocycles. The monoisotopic (exact) mass is 299 g/mol. The Balaban J connectivity index is 2.06. The van der Waals surface area contributed by atoms with Crippen LogP contribution in [0.3, 0.4) is 0 Å². The number of methoxy groups -OCH3 is 1. The van der Waals surface area contributed by atoms with E-state index in [9.17, 15) is 18.3 Å². The van der Waals surface area contributed by atoms with Crippen LogP contribution >= 0.6 is 0 Å². The Morgan fingerprint density at radius 3 is 2.60 bits per heavy atom. The van der Waals surface area contributed by atoms with Crippen LogP contribution in [0.25, 0.3) is 0 Å². The summed E-state index contributed by atoms with van der Waals surface area (Å²) in [7, 11) is -1.55. The summed E-state index contributed by atoms with van der Waals surface area (Å²) in [5.41, 5.74) is 0.123. The van der Waals surface area contributed by atoms with Crippen molar-refractivity contribution in [2.24, 2.45) is 0 Å². The van der Waals surface area contributed by atoms with Gasteiger partial charge in [0.25, 0.3) is 5.91 Å². The highest BCUT2D eigenvalue weighted by molar-refractivity contribution is 7.91. The van der Waals surface area contributed by atoms with Crippen molar-refractivity contribution >= 4 is 15.7 Å². The summed E-state index contributed by atoms with van der Waals surface area (Å²) >= 11 is 0. The van der Waals surface area contributed by atoms with E-state index in [1.807, 2.05) is 0 Å².